The van der Waals surface area contributed by atoms with E-state index in [1.54, 1.807) is 12.1 Å². The van der Waals surface area contributed by atoms with Crippen molar-refractivity contribution in [3.05, 3.63) is 53.1 Å². The van der Waals surface area contributed by atoms with E-state index in [-0.39, 0.29) is 28.6 Å². The maximum Gasteiger partial charge on any atom is 0.416 e. The number of alkyl halides is 3. The van der Waals surface area contributed by atoms with E-state index in [0.29, 0.717) is 0 Å². The highest BCUT2D eigenvalue weighted by Crippen LogP contribution is 2.30. The lowest BCUT2D eigenvalue weighted by molar-refractivity contribution is -0.137. The molecule has 0 aliphatic rings. The van der Waals surface area contributed by atoms with Crippen LogP contribution in [0.4, 0.5) is 18.9 Å². The molecule has 2 N–H and O–H groups in total. The zero-order valence-corrected chi connectivity index (χ0v) is 13.7. The van der Waals surface area contributed by atoms with Gasteiger partial charge in [0.15, 0.2) is 5.57 Å². The first-order valence-corrected chi connectivity index (χ1v) is 7.79. The number of nitriles is 2. The average molecular weight is 366 g/mol. The Morgan fingerprint density at radius 2 is 2.00 bits per heavy atom. The molecule has 25 heavy (non-hydrogen) atoms. The van der Waals surface area contributed by atoms with Gasteiger partial charge in [0.25, 0.3) is 0 Å². The minimum Gasteiger partial charge on any atom is -0.375 e. The lowest BCUT2D eigenvalue weighted by atomic mass is 10.2. The van der Waals surface area contributed by atoms with E-state index in [1.165, 1.54) is 18.2 Å². The highest BCUT2D eigenvalue weighted by Gasteiger charge is 2.30. The first-order valence-electron chi connectivity index (χ1n) is 6.81. The molecule has 0 atom stereocenters. The maximum absolute atomic E-state index is 12.6. The maximum atomic E-state index is 12.6. The van der Waals surface area contributed by atoms with Gasteiger partial charge in [-0.05, 0) is 18.2 Å². The molecule has 5 nitrogen and oxygen atoms in total. The number of carbonyl (C=O) groups is 1. The number of halogens is 3. The number of hydrogen-bond acceptors (Lipinski definition) is 5. The lowest BCUT2D eigenvalue weighted by Crippen LogP contribution is -2.18. The van der Waals surface area contributed by atoms with E-state index < -0.39 is 17.6 Å². The van der Waals surface area contributed by atoms with Gasteiger partial charge < -0.3 is 10.6 Å². The van der Waals surface area contributed by atoms with Gasteiger partial charge in [-0.3, -0.25) is 4.79 Å². The molecule has 0 spiro atoms. The molecular formula is C16H13F3N4OS. The van der Waals surface area contributed by atoms with Crippen molar-refractivity contribution in [2.45, 2.75) is 6.18 Å². The standard InChI is InChI=1S/C16H13F3N4OS/c1-2-6-22-15(11(8-20)9-21)25-10-14(24)23-13-5-3-4-12(7-13)16(17,18)19/h2-5,7,22H,1,6,10H2,(H,23,24). The van der Waals surface area contributed by atoms with Gasteiger partial charge in [-0.15, -0.1) is 6.58 Å². The fourth-order valence-electron chi connectivity index (χ4n) is 1.61. The molecule has 0 aromatic heterocycles. The van der Waals surface area contributed by atoms with Crippen molar-refractivity contribution in [3.63, 3.8) is 0 Å². The van der Waals surface area contributed by atoms with E-state index in [4.69, 9.17) is 10.5 Å². The Balaban J connectivity index is 2.77. The molecule has 1 aromatic rings. The van der Waals surface area contributed by atoms with E-state index in [1.807, 2.05) is 0 Å². The summed E-state index contributed by atoms with van der Waals surface area (Å²) >= 11 is 0.897. The van der Waals surface area contributed by atoms with Crippen molar-refractivity contribution in [3.8, 4) is 12.1 Å². The Bertz CT molecular complexity index is 744. The number of amides is 1. The average Bonchev–Trinajstić information content (AvgIpc) is 2.57. The summed E-state index contributed by atoms with van der Waals surface area (Å²) in [6.45, 7) is 3.77. The van der Waals surface area contributed by atoms with E-state index in [0.717, 1.165) is 23.9 Å². The normalized spacial score (nSPS) is 10.1. The predicted molar refractivity (Wildman–Crippen MR) is 89.0 cm³/mol. The van der Waals surface area contributed by atoms with Crippen molar-refractivity contribution in [1.29, 1.82) is 10.5 Å². The van der Waals surface area contributed by atoms with Crippen LogP contribution in [0.5, 0.6) is 0 Å². The van der Waals surface area contributed by atoms with Gasteiger partial charge in [0.05, 0.1) is 16.3 Å². The first-order chi connectivity index (χ1) is 11.8. The second-order valence-corrected chi connectivity index (χ2v) is 5.50. The molecule has 0 aliphatic heterocycles. The molecular weight excluding hydrogens is 353 g/mol. The summed E-state index contributed by atoms with van der Waals surface area (Å²) in [5, 5.41) is 23.1. The van der Waals surface area contributed by atoms with Crippen LogP contribution in [0, 0.1) is 22.7 Å². The molecule has 0 heterocycles. The van der Waals surface area contributed by atoms with Crippen molar-refractivity contribution < 1.29 is 18.0 Å². The Morgan fingerprint density at radius 3 is 2.56 bits per heavy atom. The largest absolute Gasteiger partial charge is 0.416 e. The third-order valence-corrected chi connectivity index (χ3v) is 3.72. The van der Waals surface area contributed by atoms with Crippen LogP contribution in [0.15, 0.2) is 47.5 Å². The number of thioether (sulfide) groups is 1. The smallest absolute Gasteiger partial charge is 0.375 e. The van der Waals surface area contributed by atoms with Crippen molar-refractivity contribution >= 4 is 23.4 Å². The number of carbonyl (C=O) groups excluding carboxylic acids is 1. The van der Waals surface area contributed by atoms with Gasteiger partial charge in [-0.25, -0.2) is 0 Å². The van der Waals surface area contributed by atoms with Crippen LogP contribution in [0.3, 0.4) is 0 Å². The van der Waals surface area contributed by atoms with Crippen molar-refractivity contribution in [2.75, 3.05) is 17.6 Å². The zero-order valence-electron chi connectivity index (χ0n) is 12.9. The number of nitrogens with one attached hydrogen (secondary N) is 2. The van der Waals surface area contributed by atoms with Crippen molar-refractivity contribution in [2.24, 2.45) is 0 Å². The van der Waals surface area contributed by atoms with E-state index in [9.17, 15) is 18.0 Å². The molecule has 0 saturated carbocycles. The Morgan fingerprint density at radius 1 is 1.32 bits per heavy atom. The summed E-state index contributed by atoms with van der Waals surface area (Å²) in [7, 11) is 0. The van der Waals surface area contributed by atoms with Crippen LogP contribution in [0.1, 0.15) is 5.56 Å². The fraction of sp³-hybridized carbons (Fsp3) is 0.188. The van der Waals surface area contributed by atoms with Gasteiger partial charge in [0.2, 0.25) is 5.91 Å². The summed E-state index contributed by atoms with van der Waals surface area (Å²) in [5.41, 5.74) is -1.06. The molecule has 9 heteroatoms. The fourth-order valence-corrected chi connectivity index (χ4v) is 2.38. The molecule has 1 aromatic carbocycles. The lowest BCUT2D eigenvalue weighted by Gasteiger charge is -2.11. The third-order valence-electron chi connectivity index (χ3n) is 2.68. The number of anilines is 1. The molecule has 0 radical (unpaired) electrons. The molecule has 130 valence electrons. The number of benzene rings is 1. The summed E-state index contributed by atoms with van der Waals surface area (Å²) in [5.74, 6) is -0.764. The summed E-state index contributed by atoms with van der Waals surface area (Å²) in [6, 6.07) is 7.65. The molecule has 0 fully saturated rings. The minimum atomic E-state index is -4.51. The monoisotopic (exact) mass is 366 g/mol. The predicted octanol–water partition coefficient (Wildman–Crippen LogP) is 3.41. The number of hydrogen-bond donors (Lipinski definition) is 2. The van der Waals surface area contributed by atoms with Gasteiger partial charge >= 0.3 is 6.18 Å². The Hall–Kier alpha value is -2.91. The molecule has 0 saturated heterocycles. The molecule has 0 aliphatic carbocycles. The quantitative estimate of drug-likeness (QED) is 0.570. The summed E-state index contributed by atoms with van der Waals surface area (Å²) < 4.78 is 37.9. The van der Waals surface area contributed by atoms with E-state index >= 15 is 0 Å². The first kappa shape index (κ1) is 20.1. The SMILES string of the molecule is C=CCNC(SCC(=O)Nc1cccc(C(F)(F)F)c1)=C(C#N)C#N. The molecule has 0 bridgehead atoms. The van der Waals surface area contributed by atoms with Crippen LogP contribution >= 0.6 is 11.8 Å². The van der Waals surface area contributed by atoms with Crippen LogP contribution in [-0.4, -0.2) is 18.2 Å². The van der Waals surface area contributed by atoms with Crippen LogP contribution < -0.4 is 10.6 Å². The zero-order chi connectivity index (χ0) is 18.9. The number of rotatable bonds is 7. The number of allylic oxidation sites excluding steroid dienone is 1. The number of nitrogens with zero attached hydrogens (tertiary/aromatic N) is 2. The van der Waals surface area contributed by atoms with Crippen LogP contribution in [0.2, 0.25) is 0 Å². The summed E-state index contributed by atoms with van der Waals surface area (Å²) in [4.78, 5) is 11.9. The Kier molecular flexibility index (Phi) is 7.57. The second kappa shape index (κ2) is 9.40. The molecule has 1 amide bonds. The van der Waals surface area contributed by atoms with Gasteiger partial charge in [-0.1, -0.05) is 23.9 Å². The van der Waals surface area contributed by atoms with Crippen LogP contribution in [0.25, 0.3) is 0 Å². The highest BCUT2D eigenvalue weighted by atomic mass is 32.2. The third kappa shape index (κ3) is 6.61. The summed E-state index contributed by atoms with van der Waals surface area (Å²) in [6.07, 6.45) is -3.00. The van der Waals surface area contributed by atoms with Gasteiger partial charge in [0, 0.05) is 12.2 Å². The van der Waals surface area contributed by atoms with Crippen molar-refractivity contribution in [1.82, 2.24) is 5.32 Å². The second-order valence-electron chi connectivity index (χ2n) is 4.51. The van der Waals surface area contributed by atoms with E-state index in [2.05, 4.69) is 17.2 Å². The highest BCUT2D eigenvalue weighted by molar-refractivity contribution is 8.03. The Labute approximate surface area is 146 Å². The van der Waals surface area contributed by atoms with Gasteiger partial charge in [0.1, 0.15) is 12.1 Å². The minimum absolute atomic E-state index is 0.00537. The van der Waals surface area contributed by atoms with Gasteiger partial charge in [-0.2, -0.15) is 23.7 Å². The molecule has 1 rings (SSSR count). The topological polar surface area (TPSA) is 88.7 Å². The molecule has 0 unspecified atom stereocenters. The van der Waals surface area contributed by atoms with Crippen LogP contribution in [-0.2, 0) is 11.0 Å².